The molecule has 0 aliphatic carbocycles. The number of carbonyl (C=O) groups excluding carboxylic acids is 2. The van der Waals surface area contributed by atoms with Crippen LogP contribution in [0.25, 0.3) is 0 Å². The van der Waals surface area contributed by atoms with Crippen molar-refractivity contribution in [3.05, 3.63) is 35.9 Å². The molecule has 7 nitrogen and oxygen atoms in total. The first-order chi connectivity index (χ1) is 10.1. The number of rotatable bonds is 2. The van der Waals surface area contributed by atoms with Crippen molar-refractivity contribution in [3.63, 3.8) is 0 Å². The molecule has 1 aromatic rings. The van der Waals surface area contributed by atoms with Crippen molar-refractivity contribution >= 4 is 17.8 Å². The van der Waals surface area contributed by atoms with E-state index < -0.39 is 6.04 Å². The second-order valence-corrected chi connectivity index (χ2v) is 4.89. The molecule has 7 heteroatoms. The normalized spacial score (nSPS) is 21.2. The molecule has 0 spiro atoms. The minimum atomic E-state index is -0.522. The molecule has 110 valence electrons. The highest BCUT2D eigenvalue weighted by molar-refractivity contribution is 6.03. The summed E-state index contributed by atoms with van der Waals surface area (Å²) in [7, 11) is 2.95. The monoisotopic (exact) mass is 288 g/mol. The number of amidine groups is 1. The van der Waals surface area contributed by atoms with Gasteiger partial charge in [0.1, 0.15) is 0 Å². The molecule has 1 fully saturated rings. The lowest BCUT2D eigenvalue weighted by molar-refractivity contribution is -0.146. The zero-order valence-corrected chi connectivity index (χ0v) is 11.9. The van der Waals surface area contributed by atoms with Gasteiger partial charge in [-0.05, 0) is 0 Å². The van der Waals surface area contributed by atoms with Crippen LogP contribution in [-0.2, 0) is 9.53 Å². The van der Waals surface area contributed by atoms with Crippen LogP contribution in [0, 0.1) is 0 Å². The zero-order valence-electron chi connectivity index (χ0n) is 11.9. The van der Waals surface area contributed by atoms with Crippen molar-refractivity contribution in [1.82, 2.24) is 15.0 Å². The molecule has 1 atom stereocenters. The van der Waals surface area contributed by atoms with Crippen LogP contribution in [0.15, 0.2) is 35.4 Å². The standard InChI is InChI=1S/C14H16N4O3/c1-16-14(20)17-9-8-11(13(19)21-2)18(17)12(15-16)10-6-4-3-5-7-10/h3-7,11H,8-9H2,1-2H3. The Morgan fingerprint density at radius 3 is 2.71 bits per heavy atom. The highest BCUT2D eigenvalue weighted by Gasteiger charge is 2.45. The minimum absolute atomic E-state index is 0.249. The molecule has 2 heterocycles. The number of hydrazone groups is 1. The molecular formula is C14H16N4O3. The highest BCUT2D eigenvalue weighted by Crippen LogP contribution is 2.27. The predicted molar refractivity (Wildman–Crippen MR) is 75.1 cm³/mol. The van der Waals surface area contributed by atoms with Gasteiger partial charge in [-0.15, -0.1) is 5.10 Å². The number of carbonyl (C=O) groups is 2. The summed E-state index contributed by atoms with van der Waals surface area (Å²) < 4.78 is 4.84. The van der Waals surface area contributed by atoms with E-state index in [0.29, 0.717) is 18.8 Å². The summed E-state index contributed by atoms with van der Waals surface area (Å²) in [5.41, 5.74) is 0.845. The van der Waals surface area contributed by atoms with Crippen LogP contribution < -0.4 is 0 Å². The second-order valence-electron chi connectivity index (χ2n) is 4.89. The zero-order chi connectivity index (χ0) is 15.0. The third-order valence-electron chi connectivity index (χ3n) is 3.63. The van der Waals surface area contributed by atoms with E-state index >= 15 is 0 Å². The molecule has 21 heavy (non-hydrogen) atoms. The molecule has 0 aromatic heterocycles. The molecule has 1 unspecified atom stereocenters. The Morgan fingerprint density at radius 1 is 1.33 bits per heavy atom. The first-order valence-electron chi connectivity index (χ1n) is 6.69. The lowest BCUT2D eigenvalue weighted by Gasteiger charge is -2.38. The maximum absolute atomic E-state index is 12.2. The van der Waals surface area contributed by atoms with Crippen LogP contribution in [0.4, 0.5) is 4.79 Å². The molecule has 0 radical (unpaired) electrons. The third-order valence-corrected chi connectivity index (χ3v) is 3.63. The summed E-state index contributed by atoms with van der Waals surface area (Å²) in [6.07, 6.45) is 0.526. The number of esters is 1. The second kappa shape index (κ2) is 5.08. The lowest BCUT2D eigenvalue weighted by atomic mass is 10.1. The summed E-state index contributed by atoms with van der Waals surface area (Å²) in [4.78, 5) is 24.2. The van der Waals surface area contributed by atoms with Crippen LogP contribution >= 0.6 is 0 Å². The maximum Gasteiger partial charge on any atom is 0.359 e. The van der Waals surface area contributed by atoms with E-state index in [1.807, 2.05) is 30.3 Å². The number of hydrogen-bond acceptors (Lipinski definition) is 5. The van der Waals surface area contributed by atoms with E-state index in [2.05, 4.69) is 5.10 Å². The van der Waals surface area contributed by atoms with Gasteiger partial charge in [-0.3, -0.25) is 0 Å². The number of ether oxygens (including phenoxy) is 1. The number of methoxy groups -OCH3 is 1. The number of hydrazine groups is 1. The quantitative estimate of drug-likeness (QED) is 0.758. The Morgan fingerprint density at radius 2 is 2.05 bits per heavy atom. The van der Waals surface area contributed by atoms with Crippen molar-refractivity contribution in [2.45, 2.75) is 12.5 Å². The Labute approximate surface area is 122 Å². The van der Waals surface area contributed by atoms with E-state index in [-0.39, 0.29) is 12.0 Å². The smallest absolute Gasteiger partial charge is 0.359 e. The molecule has 3 rings (SSSR count). The van der Waals surface area contributed by atoms with Gasteiger partial charge in [-0.2, -0.15) is 0 Å². The Hall–Kier alpha value is -2.57. The van der Waals surface area contributed by atoms with Gasteiger partial charge in [0.05, 0.1) is 7.11 Å². The van der Waals surface area contributed by atoms with E-state index in [9.17, 15) is 9.59 Å². The van der Waals surface area contributed by atoms with E-state index in [4.69, 9.17) is 4.74 Å². The fraction of sp³-hybridized carbons (Fsp3) is 0.357. The fourth-order valence-corrected chi connectivity index (χ4v) is 2.62. The number of benzene rings is 1. The van der Waals surface area contributed by atoms with Crippen molar-refractivity contribution < 1.29 is 14.3 Å². The number of fused-ring (bicyclic) bond motifs is 1. The van der Waals surface area contributed by atoms with Crippen molar-refractivity contribution in [2.24, 2.45) is 5.10 Å². The first-order valence-corrected chi connectivity index (χ1v) is 6.69. The van der Waals surface area contributed by atoms with E-state index in [1.165, 1.54) is 17.1 Å². The number of nitrogens with zero attached hydrogens (tertiary/aromatic N) is 4. The van der Waals surface area contributed by atoms with Gasteiger partial charge < -0.3 is 4.74 Å². The molecule has 2 aliphatic rings. The summed E-state index contributed by atoms with van der Waals surface area (Å²) in [6, 6.07) is 8.71. The lowest BCUT2D eigenvalue weighted by Crippen LogP contribution is -2.57. The van der Waals surface area contributed by atoms with Gasteiger partial charge in [0.15, 0.2) is 11.9 Å². The van der Waals surface area contributed by atoms with Crippen molar-refractivity contribution in [2.75, 3.05) is 20.7 Å². The Balaban J connectivity index is 2.05. The molecule has 1 aromatic carbocycles. The molecule has 0 N–H and O–H groups in total. The molecule has 2 amide bonds. The number of amides is 2. The molecule has 0 bridgehead atoms. The fourth-order valence-electron chi connectivity index (χ4n) is 2.62. The number of urea groups is 1. The van der Waals surface area contributed by atoms with E-state index in [0.717, 1.165) is 5.56 Å². The van der Waals surface area contributed by atoms with Crippen LogP contribution in [-0.4, -0.2) is 59.6 Å². The van der Waals surface area contributed by atoms with E-state index in [1.54, 1.807) is 12.1 Å². The Bertz CT molecular complexity index is 601. The first kappa shape index (κ1) is 13.4. The van der Waals surface area contributed by atoms with Gasteiger partial charge >= 0.3 is 12.0 Å². The summed E-state index contributed by atoms with van der Waals surface area (Å²) in [6.45, 7) is 0.467. The van der Waals surface area contributed by atoms with Crippen LogP contribution in [0.3, 0.4) is 0 Å². The highest BCUT2D eigenvalue weighted by atomic mass is 16.5. The summed E-state index contributed by atoms with van der Waals surface area (Å²) in [5.74, 6) is 0.212. The SMILES string of the molecule is COC(=O)C1CCN2C(=O)N(C)N=C(c3ccccc3)N12. The third kappa shape index (κ3) is 2.10. The minimum Gasteiger partial charge on any atom is -0.467 e. The molecule has 1 saturated heterocycles. The maximum atomic E-state index is 12.2. The molecule has 0 saturated carbocycles. The molecular weight excluding hydrogens is 272 g/mol. The average molecular weight is 288 g/mol. The topological polar surface area (TPSA) is 65.5 Å². The molecule has 2 aliphatic heterocycles. The van der Waals surface area contributed by atoms with Gasteiger partial charge in [-0.25, -0.2) is 24.6 Å². The Kier molecular flexibility index (Phi) is 3.25. The average Bonchev–Trinajstić information content (AvgIpc) is 2.96. The van der Waals surface area contributed by atoms with Crippen LogP contribution in [0.5, 0.6) is 0 Å². The van der Waals surface area contributed by atoms with Crippen molar-refractivity contribution in [1.29, 1.82) is 0 Å². The summed E-state index contributed by atoms with van der Waals surface area (Å²) >= 11 is 0. The largest absolute Gasteiger partial charge is 0.467 e. The van der Waals surface area contributed by atoms with Crippen molar-refractivity contribution in [3.8, 4) is 0 Å². The van der Waals surface area contributed by atoms with Crippen LogP contribution in [0.2, 0.25) is 0 Å². The van der Waals surface area contributed by atoms with Gasteiger partial charge in [0.25, 0.3) is 0 Å². The summed E-state index contributed by atoms with van der Waals surface area (Å²) in [5, 5.41) is 8.79. The van der Waals surface area contributed by atoms with Gasteiger partial charge in [0.2, 0.25) is 0 Å². The van der Waals surface area contributed by atoms with Gasteiger partial charge in [0, 0.05) is 25.6 Å². The predicted octanol–water partition coefficient (Wildman–Crippen LogP) is 0.878. The number of hydrogen-bond donors (Lipinski definition) is 0. The van der Waals surface area contributed by atoms with Gasteiger partial charge in [-0.1, -0.05) is 30.3 Å². The van der Waals surface area contributed by atoms with Crippen LogP contribution in [0.1, 0.15) is 12.0 Å².